The van der Waals surface area contributed by atoms with Crippen LogP contribution < -0.4 is 5.32 Å². The van der Waals surface area contributed by atoms with Gasteiger partial charge in [0.1, 0.15) is 5.82 Å². The highest BCUT2D eigenvalue weighted by Crippen LogP contribution is 2.10. The highest BCUT2D eigenvalue weighted by Gasteiger charge is 2.03. The third kappa shape index (κ3) is 3.96. The molecule has 0 radical (unpaired) electrons. The minimum atomic E-state index is -0.261. The van der Waals surface area contributed by atoms with Crippen LogP contribution in [0.3, 0.4) is 0 Å². The van der Waals surface area contributed by atoms with E-state index < -0.39 is 0 Å². The maximum Gasteiger partial charge on any atom is 0.220 e. The van der Waals surface area contributed by atoms with Crippen molar-refractivity contribution in [2.75, 3.05) is 0 Å². The summed E-state index contributed by atoms with van der Waals surface area (Å²) in [7, 11) is 0. The van der Waals surface area contributed by atoms with Crippen molar-refractivity contribution < 1.29 is 9.18 Å². The van der Waals surface area contributed by atoms with Gasteiger partial charge in [-0.3, -0.25) is 4.79 Å². The zero-order chi connectivity index (χ0) is 12.8. The summed E-state index contributed by atoms with van der Waals surface area (Å²) in [4.78, 5) is 12.8. The molecular formula is C14H14FNOS. The molecule has 1 amide bonds. The maximum atomic E-state index is 12.7. The number of hydrogen-bond acceptors (Lipinski definition) is 2. The summed E-state index contributed by atoms with van der Waals surface area (Å²) in [5.74, 6) is -0.240. The number of thiophene rings is 1. The van der Waals surface area contributed by atoms with Gasteiger partial charge in [-0.2, -0.15) is 0 Å². The van der Waals surface area contributed by atoms with Crippen molar-refractivity contribution in [1.29, 1.82) is 0 Å². The van der Waals surface area contributed by atoms with Gasteiger partial charge in [-0.25, -0.2) is 4.39 Å². The number of hydrogen-bond donors (Lipinski definition) is 1. The minimum Gasteiger partial charge on any atom is -0.352 e. The van der Waals surface area contributed by atoms with Crippen LogP contribution >= 0.6 is 11.3 Å². The lowest BCUT2D eigenvalue weighted by Crippen LogP contribution is -2.22. The van der Waals surface area contributed by atoms with E-state index in [2.05, 4.69) is 5.32 Å². The van der Waals surface area contributed by atoms with Crippen LogP contribution in [0.25, 0.3) is 0 Å². The van der Waals surface area contributed by atoms with Crippen molar-refractivity contribution in [2.24, 2.45) is 0 Å². The number of rotatable bonds is 5. The third-order valence-corrected chi connectivity index (χ3v) is 3.52. The minimum absolute atomic E-state index is 0.0210. The fraction of sp³-hybridized carbons (Fsp3) is 0.214. The molecule has 18 heavy (non-hydrogen) atoms. The number of amides is 1. The Morgan fingerprint density at radius 3 is 2.67 bits per heavy atom. The molecule has 94 valence electrons. The topological polar surface area (TPSA) is 29.1 Å². The molecule has 1 N–H and O–H groups in total. The molecule has 2 aromatic rings. The Balaban J connectivity index is 1.73. The molecule has 0 saturated carbocycles. The molecule has 0 atom stereocenters. The molecule has 4 heteroatoms. The average Bonchev–Trinajstić information content (AvgIpc) is 2.89. The van der Waals surface area contributed by atoms with Gasteiger partial charge in [-0.1, -0.05) is 18.2 Å². The van der Waals surface area contributed by atoms with Gasteiger partial charge in [0.2, 0.25) is 5.91 Å². The molecule has 0 aliphatic rings. The van der Waals surface area contributed by atoms with Gasteiger partial charge < -0.3 is 5.32 Å². The number of carbonyl (C=O) groups is 1. The number of halogens is 1. The van der Waals surface area contributed by atoms with Crippen molar-refractivity contribution in [3.63, 3.8) is 0 Å². The molecule has 0 saturated heterocycles. The summed E-state index contributed by atoms with van der Waals surface area (Å²) in [5.41, 5.74) is 0.904. The number of nitrogens with one attached hydrogen (secondary N) is 1. The lowest BCUT2D eigenvalue weighted by Gasteiger charge is -2.04. The van der Waals surface area contributed by atoms with E-state index >= 15 is 0 Å². The van der Waals surface area contributed by atoms with E-state index in [1.807, 2.05) is 17.5 Å². The van der Waals surface area contributed by atoms with Crippen molar-refractivity contribution in [2.45, 2.75) is 19.4 Å². The molecule has 0 aliphatic heterocycles. The van der Waals surface area contributed by atoms with Crippen LogP contribution in [0.2, 0.25) is 0 Å². The molecule has 0 unspecified atom stereocenters. The number of benzene rings is 1. The van der Waals surface area contributed by atoms with E-state index in [-0.39, 0.29) is 11.7 Å². The van der Waals surface area contributed by atoms with Crippen molar-refractivity contribution in [3.8, 4) is 0 Å². The van der Waals surface area contributed by atoms with Gasteiger partial charge in [-0.15, -0.1) is 11.3 Å². The van der Waals surface area contributed by atoms with E-state index in [4.69, 9.17) is 0 Å². The third-order valence-electron chi connectivity index (χ3n) is 2.58. The maximum absolute atomic E-state index is 12.7. The monoisotopic (exact) mass is 263 g/mol. The first-order valence-corrected chi connectivity index (χ1v) is 6.65. The van der Waals surface area contributed by atoms with E-state index in [0.717, 1.165) is 12.0 Å². The Morgan fingerprint density at radius 2 is 2.00 bits per heavy atom. The fourth-order valence-electron chi connectivity index (χ4n) is 1.58. The van der Waals surface area contributed by atoms with Crippen molar-refractivity contribution in [3.05, 3.63) is 58.0 Å². The summed E-state index contributed by atoms with van der Waals surface area (Å²) in [5, 5.41) is 4.83. The molecule has 1 aromatic heterocycles. The van der Waals surface area contributed by atoms with Crippen LogP contribution in [0.5, 0.6) is 0 Å². The zero-order valence-corrected chi connectivity index (χ0v) is 10.7. The Morgan fingerprint density at radius 1 is 1.22 bits per heavy atom. The Labute approximate surface area is 109 Å². The predicted octanol–water partition coefficient (Wildman–Crippen LogP) is 3.14. The van der Waals surface area contributed by atoms with Crippen LogP contribution in [-0.2, 0) is 17.8 Å². The first kappa shape index (κ1) is 12.8. The Kier molecular flexibility index (Phi) is 4.47. The first-order chi connectivity index (χ1) is 8.74. The molecule has 2 nitrogen and oxygen atoms in total. The van der Waals surface area contributed by atoms with Gasteiger partial charge in [0.15, 0.2) is 0 Å². The SMILES string of the molecule is O=C(CCc1cccs1)NCc1ccc(F)cc1. The number of carbonyl (C=O) groups excluding carboxylic acids is 1. The van der Waals surface area contributed by atoms with Crippen LogP contribution in [0.15, 0.2) is 41.8 Å². The fourth-order valence-corrected chi connectivity index (χ4v) is 2.29. The second-order valence-corrected chi connectivity index (χ2v) is 5.01. The summed E-state index contributed by atoms with van der Waals surface area (Å²) in [6, 6.07) is 10.2. The highest BCUT2D eigenvalue weighted by atomic mass is 32.1. The van der Waals surface area contributed by atoms with E-state index in [1.165, 1.54) is 17.0 Å². The highest BCUT2D eigenvalue weighted by molar-refractivity contribution is 7.09. The van der Waals surface area contributed by atoms with Crippen LogP contribution in [0, 0.1) is 5.82 Å². The molecule has 0 fully saturated rings. The summed E-state index contributed by atoms with van der Waals surface area (Å²) < 4.78 is 12.7. The molecular weight excluding hydrogens is 249 g/mol. The van der Waals surface area contributed by atoms with Crippen LogP contribution in [-0.4, -0.2) is 5.91 Å². The first-order valence-electron chi connectivity index (χ1n) is 5.77. The standard InChI is InChI=1S/C14H14FNOS/c15-12-5-3-11(4-6-12)10-16-14(17)8-7-13-2-1-9-18-13/h1-6,9H,7-8,10H2,(H,16,17). The van der Waals surface area contributed by atoms with Crippen molar-refractivity contribution >= 4 is 17.2 Å². The molecule has 0 spiro atoms. The van der Waals surface area contributed by atoms with E-state index in [1.54, 1.807) is 23.5 Å². The summed E-state index contributed by atoms with van der Waals surface area (Å²) >= 11 is 1.66. The van der Waals surface area contributed by atoms with Crippen LogP contribution in [0.4, 0.5) is 4.39 Å². The number of aryl methyl sites for hydroxylation is 1. The average molecular weight is 263 g/mol. The Hall–Kier alpha value is -1.68. The van der Waals surface area contributed by atoms with E-state index in [0.29, 0.717) is 13.0 Å². The zero-order valence-electron chi connectivity index (χ0n) is 9.86. The normalized spacial score (nSPS) is 10.3. The molecule has 1 aromatic carbocycles. The van der Waals surface area contributed by atoms with Crippen LogP contribution in [0.1, 0.15) is 16.9 Å². The Bertz CT molecular complexity index is 493. The van der Waals surface area contributed by atoms with Crippen molar-refractivity contribution in [1.82, 2.24) is 5.32 Å². The van der Waals surface area contributed by atoms with Gasteiger partial charge in [0.25, 0.3) is 0 Å². The summed E-state index contributed by atoms with van der Waals surface area (Å²) in [6.07, 6.45) is 1.26. The second kappa shape index (κ2) is 6.31. The quantitative estimate of drug-likeness (QED) is 0.882. The smallest absolute Gasteiger partial charge is 0.220 e. The van der Waals surface area contributed by atoms with Gasteiger partial charge in [-0.05, 0) is 35.6 Å². The summed E-state index contributed by atoms with van der Waals surface area (Å²) in [6.45, 7) is 0.448. The molecule has 2 rings (SSSR count). The molecule has 0 bridgehead atoms. The second-order valence-electron chi connectivity index (χ2n) is 3.98. The molecule has 1 heterocycles. The lowest BCUT2D eigenvalue weighted by atomic mass is 10.2. The van der Waals surface area contributed by atoms with Gasteiger partial charge in [0.05, 0.1) is 0 Å². The lowest BCUT2D eigenvalue weighted by molar-refractivity contribution is -0.121. The molecule has 0 aliphatic carbocycles. The largest absolute Gasteiger partial charge is 0.352 e. The van der Waals surface area contributed by atoms with E-state index in [9.17, 15) is 9.18 Å². The predicted molar refractivity (Wildman–Crippen MR) is 70.9 cm³/mol. The van der Waals surface area contributed by atoms with Gasteiger partial charge >= 0.3 is 0 Å². The van der Waals surface area contributed by atoms with Gasteiger partial charge in [0, 0.05) is 17.8 Å².